The van der Waals surface area contributed by atoms with Gasteiger partial charge in [0, 0.05) is 38.4 Å². The molecule has 0 unspecified atom stereocenters. The van der Waals surface area contributed by atoms with Gasteiger partial charge in [-0.3, -0.25) is 14.1 Å². The first-order chi connectivity index (χ1) is 11.6. The summed E-state index contributed by atoms with van der Waals surface area (Å²) in [6, 6.07) is 3.93. The van der Waals surface area contributed by atoms with Crippen LogP contribution in [0.4, 0.5) is 0 Å². The van der Waals surface area contributed by atoms with Crippen molar-refractivity contribution in [1.29, 1.82) is 0 Å². The van der Waals surface area contributed by atoms with Gasteiger partial charge in [-0.05, 0) is 38.3 Å². The zero-order valence-corrected chi connectivity index (χ0v) is 13.9. The average molecular weight is 329 g/mol. The molecule has 7 heteroatoms. The Labute approximate surface area is 140 Å². The van der Waals surface area contributed by atoms with Gasteiger partial charge in [0.1, 0.15) is 5.82 Å². The molecule has 0 aromatic carbocycles. The van der Waals surface area contributed by atoms with Crippen LogP contribution in [0.3, 0.4) is 0 Å². The minimum Gasteiger partial charge on any atom is -0.391 e. The van der Waals surface area contributed by atoms with Crippen LogP contribution in [0.15, 0.2) is 18.3 Å². The molecule has 1 saturated carbocycles. The Hall–Kier alpha value is -1.99. The summed E-state index contributed by atoms with van der Waals surface area (Å²) in [6.45, 7) is 4.96. The SMILES string of the molecule is Cc1nnc2ccc(C(=O)N3CCN([C@@H]4CCC[C@@H]4O)CC3)cn12. The molecule has 1 amide bonds. The lowest BCUT2D eigenvalue weighted by atomic mass is 10.1. The highest BCUT2D eigenvalue weighted by atomic mass is 16.3. The molecule has 128 valence electrons. The van der Waals surface area contributed by atoms with Gasteiger partial charge in [0.2, 0.25) is 0 Å². The van der Waals surface area contributed by atoms with Crippen molar-refractivity contribution in [3.8, 4) is 0 Å². The normalized spacial score (nSPS) is 25.5. The molecule has 1 N–H and O–H groups in total. The fourth-order valence-corrected chi connectivity index (χ4v) is 3.92. The molecule has 24 heavy (non-hydrogen) atoms. The van der Waals surface area contributed by atoms with E-state index in [1.807, 2.05) is 34.6 Å². The molecule has 2 aromatic heterocycles. The summed E-state index contributed by atoms with van der Waals surface area (Å²) in [5.74, 6) is 0.830. The molecular formula is C17H23N5O2. The van der Waals surface area contributed by atoms with E-state index in [0.717, 1.165) is 43.8 Å². The van der Waals surface area contributed by atoms with Crippen LogP contribution in [0.5, 0.6) is 0 Å². The van der Waals surface area contributed by atoms with Gasteiger partial charge in [-0.1, -0.05) is 0 Å². The molecule has 7 nitrogen and oxygen atoms in total. The largest absolute Gasteiger partial charge is 0.391 e. The number of piperazine rings is 1. The van der Waals surface area contributed by atoms with Crippen LogP contribution in [-0.4, -0.2) is 73.7 Å². The van der Waals surface area contributed by atoms with Crippen molar-refractivity contribution in [3.63, 3.8) is 0 Å². The van der Waals surface area contributed by atoms with E-state index in [1.165, 1.54) is 0 Å². The molecule has 0 bridgehead atoms. The third-order valence-electron chi connectivity index (χ3n) is 5.33. The fourth-order valence-electron chi connectivity index (χ4n) is 3.92. The van der Waals surface area contributed by atoms with Gasteiger partial charge in [-0.2, -0.15) is 0 Å². The maximum Gasteiger partial charge on any atom is 0.255 e. The average Bonchev–Trinajstić information content (AvgIpc) is 3.20. The van der Waals surface area contributed by atoms with Crippen LogP contribution in [0.25, 0.3) is 5.65 Å². The van der Waals surface area contributed by atoms with Crippen LogP contribution in [0.1, 0.15) is 35.4 Å². The van der Waals surface area contributed by atoms with Gasteiger partial charge in [0.15, 0.2) is 5.65 Å². The monoisotopic (exact) mass is 329 g/mol. The summed E-state index contributed by atoms with van der Waals surface area (Å²) in [5, 5.41) is 18.1. The summed E-state index contributed by atoms with van der Waals surface area (Å²) >= 11 is 0. The van der Waals surface area contributed by atoms with Crippen LogP contribution in [-0.2, 0) is 0 Å². The number of hydrogen-bond donors (Lipinski definition) is 1. The lowest BCUT2D eigenvalue weighted by Gasteiger charge is -2.39. The predicted octanol–water partition coefficient (Wildman–Crippen LogP) is 0.709. The van der Waals surface area contributed by atoms with Gasteiger partial charge in [-0.25, -0.2) is 0 Å². The summed E-state index contributed by atoms with van der Waals surface area (Å²) in [5.41, 5.74) is 1.42. The molecule has 1 saturated heterocycles. The number of nitrogens with zero attached hydrogens (tertiary/aromatic N) is 5. The van der Waals surface area contributed by atoms with Crippen molar-refractivity contribution < 1.29 is 9.90 Å². The third-order valence-corrected chi connectivity index (χ3v) is 5.33. The number of aryl methyl sites for hydroxylation is 1. The molecule has 1 aliphatic carbocycles. The minimum atomic E-state index is -0.202. The number of fused-ring (bicyclic) bond motifs is 1. The van der Waals surface area contributed by atoms with E-state index in [-0.39, 0.29) is 18.1 Å². The first-order valence-electron chi connectivity index (χ1n) is 8.66. The van der Waals surface area contributed by atoms with Gasteiger partial charge in [0.25, 0.3) is 5.91 Å². The van der Waals surface area contributed by atoms with Crippen molar-refractivity contribution in [2.75, 3.05) is 26.2 Å². The fraction of sp³-hybridized carbons (Fsp3) is 0.588. The molecule has 0 spiro atoms. The van der Waals surface area contributed by atoms with Crippen molar-refractivity contribution in [2.45, 2.75) is 38.3 Å². The standard InChI is InChI=1S/C17H23N5O2/c1-12-18-19-16-6-5-13(11-22(12)16)17(24)21-9-7-20(8-10-21)14-3-2-4-15(14)23/h5-6,11,14-15,23H,2-4,7-10H2,1H3/t14-,15+/m1/s1. The summed E-state index contributed by atoms with van der Waals surface area (Å²) in [7, 11) is 0. The zero-order chi connectivity index (χ0) is 16.7. The number of aliphatic hydroxyl groups is 1. The van der Waals surface area contributed by atoms with E-state index < -0.39 is 0 Å². The Balaban J connectivity index is 1.44. The number of hydrogen-bond acceptors (Lipinski definition) is 5. The highest BCUT2D eigenvalue weighted by Gasteiger charge is 2.33. The Morgan fingerprint density at radius 1 is 1.17 bits per heavy atom. The second-order valence-electron chi connectivity index (χ2n) is 6.79. The van der Waals surface area contributed by atoms with E-state index in [9.17, 15) is 9.90 Å². The van der Waals surface area contributed by atoms with Crippen molar-refractivity contribution in [2.24, 2.45) is 0 Å². The first kappa shape index (κ1) is 15.5. The van der Waals surface area contributed by atoms with E-state index in [2.05, 4.69) is 15.1 Å². The maximum atomic E-state index is 12.8. The van der Waals surface area contributed by atoms with E-state index >= 15 is 0 Å². The molecular weight excluding hydrogens is 306 g/mol. The zero-order valence-electron chi connectivity index (χ0n) is 13.9. The smallest absolute Gasteiger partial charge is 0.255 e. The summed E-state index contributed by atoms with van der Waals surface area (Å²) in [4.78, 5) is 17.0. The summed E-state index contributed by atoms with van der Waals surface area (Å²) < 4.78 is 1.85. The molecule has 1 aliphatic heterocycles. The second-order valence-corrected chi connectivity index (χ2v) is 6.79. The molecule has 0 radical (unpaired) electrons. The number of pyridine rings is 1. The lowest BCUT2D eigenvalue weighted by Crippen LogP contribution is -2.53. The Bertz CT molecular complexity index is 751. The van der Waals surface area contributed by atoms with Gasteiger partial charge >= 0.3 is 0 Å². The maximum absolute atomic E-state index is 12.8. The minimum absolute atomic E-state index is 0.0524. The molecule has 4 rings (SSSR count). The molecule has 2 atom stereocenters. The molecule has 2 fully saturated rings. The van der Waals surface area contributed by atoms with Crippen LogP contribution in [0, 0.1) is 6.92 Å². The Morgan fingerprint density at radius 2 is 1.96 bits per heavy atom. The van der Waals surface area contributed by atoms with Crippen LogP contribution >= 0.6 is 0 Å². The summed E-state index contributed by atoms with van der Waals surface area (Å²) in [6.07, 6.45) is 4.69. The molecule has 3 heterocycles. The number of amides is 1. The highest BCUT2D eigenvalue weighted by Crippen LogP contribution is 2.25. The molecule has 2 aromatic rings. The van der Waals surface area contributed by atoms with Crippen molar-refractivity contribution in [1.82, 2.24) is 24.4 Å². The van der Waals surface area contributed by atoms with Crippen molar-refractivity contribution in [3.05, 3.63) is 29.7 Å². The van der Waals surface area contributed by atoms with Crippen LogP contribution < -0.4 is 0 Å². The van der Waals surface area contributed by atoms with Crippen molar-refractivity contribution >= 4 is 11.6 Å². The van der Waals surface area contributed by atoms with E-state index in [0.29, 0.717) is 18.7 Å². The lowest BCUT2D eigenvalue weighted by molar-refractivity contribution is 0.0315. The topological polar surface area (TPSA) is 74.0 Å². The highest BCUT2D eigenvalue weighted by molar-refractivity contribution is 5.94. The van der Waals surface area contributed by atoms with Gasteiger partial charge < -0.3 is 10.0 Å². The van der Waals surface area contributed by atoms with Gasteiger partial charge in [-0.15, -0.1) is 10.2 Å². The quantitative estimate of drug-likeness (QED) is 0.878. The molecule has 2 aliphatic rings. The number of aliphatic hydroxyl groups excluding tert-OH is 1. The second kappa shape index (κ2) is 6.14. The van der Waals surface area contributed by atoms with E-state index in [4.69, 9.17) is 0 Å². The first-order valence-corrected chi connectivity index (χ1v) is 8.66. The number of rotatable bonds is 2. The predicted molar refractivity (Wildman–Crippen MR) is 88.8 cm³/mol. The Kier molecular flexibility index (Phi) is 3.97. The number of carbonyl (C=O) groups is 1. The van der Waals surface area contributed by atoms with E-state index in [1.54, 1.807) is 0 Å². The number of aromatic nitrogens is 3. The Morgan fingerprint density at radius 3 is 2.67 bits per heavy atom. The third kappa shape index (κ3) is 2.67. The number of carbonyl (C=O) groups excluding carboxylic acids is 1. The van der Waals surface area contributed by atoms with Gasteiger partial charge in [0.05, 0.1) is 11.7 Å². The van der Waals surface area contributed by atoms with Crippen LogP contribution in [0.2, 0.25) is 0 Å².